The summed E-state index contributed by atoms with van der Waals surface area (Å²) >= 11 is 1.64. The maximum absolute atomic E-state index is 13.6. The summed E-state index contributed by atoms with van der Waals surface area (Å²) in [5.74, 6) is 1.66. The van der Waals surface area contributed by atoms with Crippen LogP contribution in [-0.2, 0) is 14.8 Å². The molecule has 0 saturated carbocycles. The van der Waals surface area contributed by atoms with Crippen molar-refractivity contribution in [2.24, 2.45) is 0 Å². The Hall–Kier alpha value is -4.06. The van der Waals surface area contributed by atoms with Gasteiger partial charge in [-0.25, -0.2) is 8.42 Å². The Morgan fingerprint density at radius 3 is 2.47 bits per heavy atom. The van der Waals surface area contributed by atoms with Crippen LogP contribution in [0.4, 0.5) is 0 Å². The Morgan fingerprint density at radius 2 is 1.69 bits per heavy atom. The average molecular weight is 641 g/mol. The average Bonchev–Trinajstić information content (AvgIpc) is 3.48. The number of para-hydroxylation sites is 2. The standard InChI is InChI=1S/C34H36N6O3S2/c1-25-16-18-28(19-17-25)33-36-37-34(40(33)29-12-4-3-5-13-29)44-23-7-6-15-31(41)38-21-22-39(26(2)24-38)45(42,43)30-14-8-10-27-11-9-20-35-32(27)30/h3-5,8-14,16-20,26H,6-7,15,21-24H2,1-2H3. The number of benzene rings is 3. The molecule has 1 atom stereocenters. The molecule has 1 unspecified atom stereocenters. The number of hydrogen-bond donors (Lipinski definition) is 0. The number of rotatable bonds is 10. The number of carbonyl (C=O) groups excluding carboxylic acids is 1. The van der Waals surface area contributed by atoms with Gasteiger partial charge in [-0.3, -0.25) is 14.3 Å². The largest absolute Gasteiger partial charge is 0.340 e. The number of sulfonamides is 1. The van der Waals surface area contributed by atoms with Crippen molar-refractivity contribution in [3.63, 3.8) is 0 Å². The van der Waals surface area contributed by atoms with Crippen LogP contribution in [0.1, 0.15) is 31.7 Å². The number of thioether (sulfide) groups is 1. The van der Waals surface area contributed by atoms with E-state index in [1.807, 2.05) is 37.3 Å². The maximum atomic E-state index is 13.6. The first-order valence-corrected chi connectivity index (χ1v) is 17.6. The number of aromatic nitrogens is 4. The Kier molecular flexibility index (Phi) is 9.29. The first-order chi connectivity index (χ1) is 21.8. The van der Waals surface area contributed by atoms with Crippen LogP contribution in [0.2, 0.25) is 0 Å². The van der Waals surface area contributed by atoms with Gasteiger partial charge >= 0.3 is 0 Å². The van der Waals surface area contributed by atoms with Crippen molar-refractivity contribution in [3.8, 4) is 17.1 Å². The molecule has 3 heterocycles. The molecule has 1 aliphatic rings. The van der Waals surface area contributed by atoms with Crippen LogP contribution in [0.25, 0.3) is 28.0 Å². The molecule has 0 aliphatic carbocycles. The Morgan fingerprint density at radius 1 is 0.911 bits per heavy atom. The highest BCUT2D eigenvalue weighted by Gasteiger charge is 2.36. The number of pyridine rings is 1. The summed E-state index contributed by atoms with van der Waals surface area (Å²) in [6.45, 7) is 4.92. The minimum Gasteiger partial charge on any atom is -0.340 e. The number of unbranched alkanes of at least 4 members (excludes halogenated alkanes) is 1. The van der Waals surface area contributed by atoms with Gasteiger partial charge in [0, 0.05) is 60.7 Å². The molecule has 0 N–H and O–H groups in total. The van der Waals surface area contributed by atoms with E-state index < -0.39 is 10.0 Å². The minimum absolute atomic E-state index is 0.0600. The molecule has 1 fully saturated rings. The van der Waals surface area contributed by atoms with Crippen molar-refractivity contribution >= 4 is 38.6 Å². The molecule has 3 aromatic carbocycles. The second-order valence-corrected chi connectivity index (χ2v) is 14.2. The molecule has 11 heteroatoms. The van der Waals surface area contributed by atoms with Crippen LogP contribution in [0.15, 0.2) is 101 Å². The Balaban J connectivity index is 1.03. The third kappa shape index (κ3) is 6.66. The lowest BCUT2D eigenvalue weighted by molar-refractivity contribution is -0.133. The van der Waals surface area contributed by atoms with Gasteiger partial charge in [0.05, 0.1) is 5.52 Å². The van der Waals surface area contributed by atoms with E-state index in [1.165, 1.54) is 9.87 Å². The predicted octanol–water partition coefficient (Wildman–Crippen LogP) is 5.97. The van der Waals surface area contributed by atoms with Gasteiger partial charge in [-0.2, -0.15) is 4.31 Å². The number of aryl methyl sites for hydroxylation is 1. The van der Waals surface area contributed by atoms with Gasteiger partial charge in [-0.15, -0.1) is 10.2 Å². The van der Waals surface area contributed by atoms with E-state index in [2.05, 4.69) is 63.1 Å². The molecule has 0 bridgehead atoms. The van der Waals surface area contributed by atoms with E-state index in [-0.39, 0.29) is 23.4 Å². The Bertz CT molecular complexity index is 1890. The van der Waals surface area contributed by atoms with Crippen LogP contribution in [0.5, 0.6) is 0 Å². The van der Waals surface area contributed by atoms with Crippen molar-refractivity contribution < 1.29 is 13.2 Å². The summed E-state index contributed by atoms with van der Waals surface area (Å²) < 4.78 is 30.8. The van der Waals surface area contributed by atoms with Gasteiger partial charge in [0.2, 0.25) is 15.9 Å². The molecular weight excluding hydrogens is 605 g/mol. The number of piperazine rings is 1. The minimum atomic E-state index is -3.76. The van der Waals surface area contributed by atoms with Crippen molar-refractivity contribution in [1.29, 1.82) is 0 Å². The van der Waals surface area contributed by atoms with E-state index in [0.29, 0.717) is 25.0 Å². The SMILES string of the molecule is Cc1ccc(-c2nnc(SCCCCC(=O)N3CCN(S(=O)(=O)c4cccc5cccnc45)C(C)C3)n2-c2ccccc2)cc1. The van der Waals surface area contributed by atoms with Crippen molar-refractivity contribution in [3.05, 3.63) is 96.7 Å². The molecule has 6 rings (SSSR count). The monoisotopic (exact) mass is 640 g/mol. The smallest absolute Gasteiger partial charge is 0.245 e. The zero-order chi connectivity index (χ0) is 31.4. The van der Waals surface area contributed by atoms with E-state index >= 15 is 0 Å². The first kappa shape index (κ1) is 30.9. The third-order valence-electron chi connectivity index (χ3n) is 8.08. The zero-order valence-corrected chi connectivity index (χ0v) is 27.0. The molecule has 45 heavy (non-hydrogen) atoms. The maximum Gasteiger partial charge on any atom is 0.245 e. The predicted molar refractivity (Wildman–Crippen MR) is 178 cm³/mol. The Labute approximate surface area is 268 Å². The molecule has 5 aromatic rings. The van der Waals surface area contributed by atoms with E-state index in [4.69, 9.17) is 0 Å². The molecule has 9 nitrogen and oxygen atoms in total. The van der Waals surface area contributed by atoms with Gasteiger partial charge in [0.15, 0.2) is 11.0 Å². The van der Waals surface area contributed by atoms with E-state index in [9.17, 15) is 13.2 Å². The second kappa shape index (κ2) is 13.5. The summed E-state index contributed by atoms with van der Waals surface area (Å²) in [5, 5.41) is 10.6. The topological polar surface area (TPSA) is 101 Å². The van der Waals surface area contributed by atoms with Gasteiger partial charge in [-0.05, 0) is 51.0 Å². The van der Waals surface area contributed by atoms with Crippen molar-refractivity contribution in [2.75, 3.05) is 25.4 Å². The molecular formula is C34H36N6O3S2. The van der Waals surface area contributed by atoms with Gasteiger partial charge in [0.1, 0.15) is 4.90 Å². The molecule has 232 valence electrons. The highest BCUT2D eigenvalue weighted by atomic mass is 32.2. The van der Waals surface area contributed by atoms with Gasteiger partial charge in [-0.1, -0.05) is 78.0 Å². The number of nitrogens with zero attached hydrogens (tertiary/aromatic N) is 6. The fourth-order valence-corrected chi connectivity index (χ4v) is 8.43. The number of fused-ring (bicyclic) bond motifs is 1. The normalized spacial score (nSPS) is 15.9. The van der Waals surface area contributed by atoms with Crippen molar-refractivity contribution in [2.45, 2.75) is 49.2 Å². The second-order valence-electron chi connectivity index (χ2n) is 11.3. The van der Waals surface area contributed by atoms with Gasteiger partial charge in [0.25, 0.3) is 0 Å². The van der Waals surface area contributed by atoms with Gasteiger partial charge < -0.3 is 4.90 Å². The quantitative estimate of drug-likeness (QED) is 0.137. The highest BCUT2D eigenvalue weighted by molar-refractivity contribution is 7.99. The lowest BCUT2D eigenvalue weighted by Crippen LogP contribution is -2.55. The summed E-state index contributed by atoms with van der Waals surface area (Å²) in [6.07, 6.45) is 3.62. The highest BCUT2D eigenvalue weighted by Crippen LogP contribution is 2.30. The molecule has 2 aromatic heterocycles. The summed E-state index contributed by atoms with van der Waals surface area (Å²) in [6, 6.07) is 26.9. The van der Waals surface area contributed by atoms with E-state index in [1.54, 1.807) is 41.1 Å². The van der Waals surface area contributed by atoms with Crippen LogP contribution < -0.4 is 0 Å². The van der Waals surface area contributed by atoms with Crippen LogP contribution >= 0.6 is 11.8 Å². The van der Waals surface area contributed by atoms with Crippen molar-refractivity contribution in [1.82, 2.24) is 29.0 Å². The molecule has 1 amide bonds. The summed E-state index contributed by atoms with van der Waals surface area (Å²) in [4.78, 5) is 19.5. The zero-order valence-electron chi connectivity index (χ0n) is 25.4. The van der Waals surface area contributed by atoms with Crippen LogP contribution in [0.3, 0.4) is 0 Å². The van der Waals surface area contributed by atoms with Crippen LogP contribution in [0, 0.1) is 6.92 Å². The fraction of sp³-hybridized carbons (Fsp3) is 0.294. The molecule has 0 radical (unpaired) electrons. The number of carbonyl (C=O) groups is 1. The van der Waals surface area contributed by atoms with E-state index in [0.717, 1.165) is 46.2 Å². The summed E-state index contributed by atoms with van der Waals surface area (Å²) in [5.41, 5.74) is 3.67. The number of hydrogen-bond acceptors (Lipinski definition) is 7. The first-order valence-electron chi connectivity index (χ1n) is 15.2. The molecule has 0 spiro atoms. The number of amides is 1. The summed E-state index contributed by atoms with van der Waals surface area (Å²) in [7, 11) is -3.76. The molecule has 1 saturated heterocycles. The van der Waals surface area contributed by atoms with Crippen LogP contribution in [-0.4, -0.2) is 74.7 Å². The lowest BCUT2D eigenvalue weighted by atomic mass is 10.1. The fourth-order valence-electron chi connectivity index (χ4n) is 5.70. The third-order valence-corrected chi connectivity index (χ3v) is 11.1. The molecule has 1 aliphatic heterocycles. The lowest BCUT2D eigenvalue weighted by Gasteiger charge is -2.39.